The summed E-state index contributed by atoms with van der Waals surface area (Å²) in [4.78, 5) is 13.7. The lowest BCUT2D eigenvalue weighted by Crippen LogP contribution is -2.52. The second-order valence-corrected chi connectivity index (χ2v) is 5.90. The number of carbonyl (C=O) groups is 1. The molecule has 0 bridgehead atoms. The first-order valence-corrected chi connectivity index (χ1v) is 7.29. The monoisotopic (exact) mass is 324 g/mol. The number of hydrogen-bond donors (Lipinski definition) is 1. The van der Waals surface area contributed by atoms with Gasteiger partial charge in [-0.2, -0.15) is 5.10 Å². The SMILES string of the molecule is O=C(c1sccc1Cl)N1N=Cc2cc(Cl)ccc2B1O. The van der Waals surface area contributed by atoms with Crippen LogP contribution in [0, 0.1) is 0 Å². The minimum atomic E-state index is -1.15. The summed E-state index contributed by atoms with van der Waals surface area (Å²) >= 11 is 13.0. The number of carbonyl (C=O) groups excluding carboxylic acids is 1. The van der Waals surface area contributed by atoms with Gasteiger partial charge in [0.2, 0.25) is 0 Å². The molecule has 2 heterocycles. The molecular formula is C12H7BCl2N2O2S. The number of fused-ring (bicyclic) bond motifs is 1. The smallest absolute Gasteiger partial charge is 0.427 e. The second-order valence-electron chi connectivity index (χ2n) is 4.14. The Morgan fingerprint density at radius 3 is 2.85 bits per heavy atom. The van der Waals surface area contributed by atoms with Crippen LogP contribution in [-0.2, 0) is 0 Å². The number of thiophene rings is 1. The van der Waals surface area contributed by atoms with E-state index in [4.69, 9.17) is 23.2 Å². The van der Waals surface area contributed by atoms with Gasteiger partial charge in [-0.05, 0) is 34.6 Å². The molecule has 0 radical (unpaired) electrons. The quantitative estimate of drug-likeness (QED) is 0.818. The van der Waals surface area contributed by atoms with Gasteiger partial charge in [-0.15, -0.1) is 11.3 Å². The van der Waals surface area contributed by atoms with Crippen LogP contribution in [0.4, 0.5) is 0 Å². The van der Waals surface area contributed by atoms with E-state index in [1.165, 1.54) is 17.6 Å². The zero-order chi connectivity index (χ0) is 14.3. The van der Waals surface area contributed by atoms with E-state index in [0.717, 1.165) is 4.92 Å². The molecule has 2 aromatic rings. The van der Waals surface area contributed by atoms with Gasteiger partial charge in [-0.1, -0.05) is 29.3 Å². The van der Waals surface area contributed by atoms with Crippen molar-refractivity contribution in [2.24, 2.45) is 5.10 Å². The molecule has 0 saturated heterocycles. The van der Waals surface area contributed by atoms with E-state index in [9.17, 15) is 9.82 Å². The average molecular weight is 325 g/mol. The van der Waals surface area contributed by atoms with Gasteiger partial charge in [-0.3, -0.25) is 4.79 Å². The number of rotatable bonds is 1. The molecule has 1 aromatic heterocycles. The summed E-state index contributed by atoms with van der Waals surface area (Å²) in [6, 6.07) is 6.64. The fourth-order valence-electron chi connectivity index (χ4n) is 1.93. The van der Waals surface area contributed by atoms with Crippen LogP contribution < -0.4 is 5.46 Å². The fraction of sp³-hybridized carbons (Fsp3) is 0. The van der Waals surface area contributed by atoms with Crippen LogP contribution in [0.25, 0.3) is 0 Å². The Balaban J connectivity index is 1.97. The lowest BCUT2D eigenvalue weighted by Gasteiger charge is -2.24. The Bertz CT molecular complexity index is 719. The summed E-state index contributed by atoms with van der Waals surface area (Å²) in [5.41, 5.74) is 1.26. The Hall–Kier alpha value is -1.34. The van der Waals surface area contributed by atoms with Gasteiger partial charge in [0.05, 0.1) is 11.2 Å². The molecule has 0 atom stereocenters. The first kappa shape index (κ1) is 13.6. The van der Waals surface area contributed by atoms with Crippen molar-refractivity contribution in [2.75, 3.05) is 0 Å². The van der Waals surface area contributed by atoms with Crippen molar-refractivity contribution in [1.29, 1.82) is 0 Å². The highest BCUT2D eigenvalue weighted by Gasteiger charge is 2.35. The normalized spacial score (nSPS) is 13.6. The Labute approximate surface area is 129 Å². The molecule has 0 fully saturated rings. The Kier molecular flexibility index (Phi) is 3.56. The van der Waals surface area contributed by atoms with E-state index in [-0.39, 0.29) is 0 Å². The highest BCUT2D eigenvalue weighted by atomic mass is 35.5. The maximum atomic E-state index is 12.3. The summed E-state index contributed by atoms with van der Waals surface area (Å²) in [6.07, 6.45) is 1.49. The summed E-state index contributed by atoms with van der Waals surface area (Å²) in [5.74, 6) is -0.436. The lowest BCUT2D eigenvalue weighted by molar-refractivity contribution is 0.0850. The lowest BCUT2D eigenvalue weighted by atomic mass is 9.69. The van der Waals surface area contributed by atoms with Crippen molar-refractivity contribution in [3.63, 3.8) is 0 Å². The van der Waals surface area contributed by atoms with Crippen molar-refractivity contribution in [3.8, 4) is 0 Å². The van der Waals surface area contributed by atoms with E-state index in [0.29, 0.717) is 25.9 Å². The van der Waals surface area contributed by atoms with Gasteiger partial charge < -0.3 is 5.02 Å². The minimum Gasteiger partial charge on any atom is -0.427 e. The number of benzene rings is 1. The third-order valence-electron chi connectivity index (χ3n) is 2.90. The van der Waals surface area contributed by atoms with Crippen molar-refractivity contribution in [3.05, 3.63) is 50.1 Å². The van der Waals surface area contributed by atoms with Crippen LogP contribution >= 0.6 is 34.5 Å². The molecule has 1 aliphatic rings. The van der Waals surface area contributed by atoms with Crippen LogP contribution in [0.1, 0.15) is 15.2 Å². The standard InChI is InChI=1S/C12H7BCl2N2O2S/c14-8-1-2-9-7(5-8)6-16-17(13(9)19)12(18)11-10(15)3-4-20-11/h1-6,19H. The van der Waals surface area contributed by atoms with Gasteiger partial charge in [0.15, 0.2) is 0 Å². The van der Waals surface area contributed by atoms with E-state index in [2.05, 4.69) is 5.10 Å². The van der Waals surface area contributed by atoms with Crippen molar-refractivity contribution >= 4 is 59.2 Å². The highest BCUT2D eigenvalue weighted by Crippen LogP contribution is 2.24. The molecule has 1 aliphatic heterocycles. The van der Waals surface area contributed by atoms with Crippen molar-refractivity contribution < 1.29 is 9.82 Å². The topological polar surface area (TPSA) is 52.9 Å². The van der Waals surface area contributed by atoms with Crippen molar-refractivity contribution in [1.82, 2.24) is 4.92 Å². The fourth-order valence-corrected chi connectivity index (χ4v) is 3.17. The third kappa shape index (κ3) is 2.25. The summed E-state index contributed by atoms with van der Waals surface area (Å²) in [5, 5.41) is 16.9. The number of hydrazone groups is 1. The van der Waals surface area contributed by atoms with E-state index in [1.54, 1.807) is 29.6 Å². The predicted molar refractivity (Wildman–Crippen MR) is 82.2 cm³/mol. The molecule has 1 amide bonds. The van der Waals surface area contributed by atoms with E-state index < -0.39 is 13.0 Å². The zero-order valence-electron chi connectivity index (χ0n) is 9.96. The number of halogens is 2. The van der Waals surface area contributed by atoms with Gasteiger partial charge in [0.25, 0.3) is 5.91 Å². The molecular weight excluding hydrogens is 318 g/mol. The second kappa shape index (κ2) is 5.22. The van der Waals surface area contributed by atoms with Crippen LogP contribution in [0.5, 0.6) is 0 Å². The average Bonchev–Trinajstić information content (AvgIpc) is 2.84. The van der Waals surface area contributed by atoms with Gasteiger partial charge >= 0.3 is 7.05 Å². The largest absolute Gasteiger partial charge is 0.474 e. The van der Waals surface area contributed by atoms with Gasteiger partial charge in [0.1, 0.15) is 4.88 Å². The molecule has 0 aliphatic carbocycles. The minimum absolute atomic E-state index is 0.347. The first-order valence-electron chi connectivity index (χ1n) is 5.66. The Morgan fingerprint density at radius 1 is 1.35 bits per heavy atom. The molecule has 8 heteroatoms. The van der Waals surface area contributed by atoms with Crippen molar-refractivity contribution in [2.45, 2.75) is 0 Å². The molecule has 1 aromatic carbocycles. The van der Waals surface area contributed by atoms with Crippen LogP contribution in [0.3, 0.4) is 0 Å². The van der Waals surface area contributed by atoms with Gasteiger partial charge in [-0.25, -0.2) is 4.92 Å². The number of hydrogen-bond acceptors (Lipinski definition) is 4. The zero-order valence-corrected chi connectivity index (χ0v) is 12.3. The molecule has 100 valence electrons. The molecule has 0 spiro atoms. The molecule has 0 saturated carbocycles. The Morgan fingerprint density at radius 2 is 2.15 bits per heavy atom. The van der Waals surface area contributed by atoms with Gasteiger partial charge in [0, 0.05) is 5.02 Å². The van der Waals surface area contributed by atoms with Crippen LogP contribution in [0.15, 0.2) is 34.7 Å². The first-order chi connectivity index (χ1) is 9.58. The molecule has 20 heavy (non-hydrogen) atoms. The highest BCUT2D eigenvalue weighted by molar-refractivity contribution is 7.12. The molecule has 4 nitrogen and oxygen atoms in total. The summed E-state index contributed by atoms with van der Waals surface area (Å²) in [7, 11) is -1.15. The van der Waals surface area contributed by atoms with Crippen LogP contribution in [0.2, 0.25) is 10.0 Å². The predicted octanol–water partition coefficient (Wildman–Crippen LogP) is 2.23. The third-order valence-corrected chi connectivity index (χ3v) is 4.46. The summed E-state index contributed by atoms with van der Waals surface area (Å²) < 4.78 is 0. The summed E-state index contributed by atoms with van der Waals surface area (Å²) in [6.45, 7) is 0. The van der Waals surface area contributed by atoms with E-state index in [1.807, 2.05) is 0 Å². The molecule has 1 N–H and O–H groups in total. The maximum absolute atomic E-state index is 12.3. The number of amides is 1. The van der Waals surface area contributed by atoms with E-state index >= 15 is 0 Å². The molecule has 3 rings (SSSR count). The molecule has 0 unspecified atom stereocenters. The maximum Gasteiger partial charge on any atom is 0.474 e. The van der Waals surface area contributed by atoms with Crippen LogP contribution in [-0.4, -0.2) is 29.1 Å². The number of nitrogens with zero attached hydrogens (tertiary/aromatic N) is 2.